The highest BCUT2D eigenvalue weighted by Crippen LogP contribution is 2.23. The van der Waals surface area contributed by atoms with Gasteiger partial charge in [-0.1, -0.05) is 6.07 Å². The molecule has 0 radical (unpaired) electrons. The Hall–Kier alpha value is -2.21. The Kier molecular flexibility index (Phi) is 4.09. The lowest BCUT2D eigenvalue weighted by Gasteiger charge is -2.14. The van der Waals surface area contributed by atoms with Crippen LogP contribution in [0.4, 0.5) is 17.1 Å². The number of nitrogens with zero attached hydrogens (tertiary/aromatic N) is 1. The molecule has 0 fully saturated rings. The monoisotopic (exact) mass is 305 g/mol. The third-order valence-electron chi connectivity index (χ3n) is 3.09. The van der Waals surface area contributed by atoms with E-state index in [9.17, 15) is 8.42 Å². The molecule has 0 heterocycles. The Morgan fingerprint density at radius 2 is 1.67 bits per heavy atom. The van der Waals surface area contributed by atoms with Gasteiger partial charge in [-0.05, 0) is 48.9 Å². The number of hydrogen-bond donors (Lipinski definition) is 2. The van der Waals surface area contributed by atoms with Crippen LogP contribution in [0.2, 0.25) is 0 Å². The Morgan fingerprint density at radius 3 is 2.19 bits per heavy atom. The van der Waals surface area contributed by atoms with E-state index in [-0.39, 0.29) is 10.6 Å². The zero-order valence-electron chi connectivity index (χ0n) is 12.3. The van der Waals surface area contributed by atoms with Crippen molar-refractivity contribution >= 4 is 27.1 Å². The number of hydrogen-bond acceptors (Lipinski definition) is 4. The number of benzene rings is 2. The SMILES string of the molecule is Cc1ccc(S(=O)(=O)Nc2ccc(N(C)C)cc2)c(N)c1. The van der Waals surface area contributed by atoms with Crippen molar-refractivity contribution in [2.75, 3.05) is 29.5 Å². The van der Waals surface area contributed by atoms with Crippen LogP contribution in [0.1, 0.15) is 5.56 Å². The molecule has 2 aromatic rings. The minimum Gasteiger partial charge on any atom is -0.398 e. The van der Waals surface area contributed by atoms with Crippen LogP contribution in [0.15, 0.2) is 47.4 Å². The van der Waals surface area contributed by atoms with E-state index in [4.69, 9.17) is 5.73 Å². The molecule has 21 heavy (non-hydrogen) atoms. The summed E-state index contributed by atoms with van der Waals surface area (Å²) in [5.41, 5.74) is 8.45. The van der Waals surface area contributed by atoms with Crippen LogP contribution >= 0.6 is 0 Å². The van der Waals surface area contributed by atoms with E-state index in [1.807, 2.05) is 38.1 Å². The van der Waals surface area contributed by atoms with Gasteiger partial charge in [0.1, 0.15) is 4.90 Å². The molecular formula is C15H19N3O2S. The molecule has 0 unspecified atom stereocenters. The maximum absolute atomic E-state index is 12.4. The van der Waals surface area contributed by atoms with E-state index in [0.29, 0.717) is 5.69 Å². The Morgan fingerprint density at radius 1 is 1.05 bits per heavy atom. The molecule has 0 saturated heterocycles. The zero-order valence-corrected chi connectivity index (χ0v) is 13.1. The van der Waals surface area contributed by atoms with Crippen molar-refractivity contribution in [2.45, 2.75) is 11.8 Å². The van der Waals surface area contributed by atoms with Crippen LogP contribution in [-0.2, 0) is 10.0 Å². The van der Waals surface area contributed by atoms with E-state index in [2.05, 4.69) is 4.72 Å². The minimum atomic E-state index is -3.68. The van der Waals surface area contributed by atoms with Gasteiger partial charge < -0.3 is 10.6 Å². The third kappa shape index (κ3) is 3.46. The van der Waals surface area contributed by atoms with Crippen molar-refractivity contribution in [1.82, 2.24) is 0 Å². The lowest BCUT2D eigenvalue weighted by atomic mass is 10.2. The molecule has 2 aromatic carbocycles. The number of nitrogen functional groups attached to an aromatic ring is 1. The first-order chi connectivity index (χ1) is 9.79. The molecule has 0 bridgehead atoms. The summed E-state index contributed by atoms with van der Waals surface area (Å²) in [6.07, 6.45) is 0. The van der Waals surface area contributed by atoms with E-state index in [1.54, 1.807) is 24.3 Å². The average molecular weight is 305 g/mol. The van der Waals surface area contributed by atoms with Crippen molar-refractivity contribution in [1.29, 1.82) is 0 Å². The van der Waals surface area contributed by atoms with Crippen LogP contribution in [0.3, 0.4) is 0 Å². The summed E-state index contributed by atoms with van der Waals surface area (Å²) in [5.74, 6) is 0. The predicted molar refractivity (Wildman–Crippen MR) is 87.2 cm³/mol. The molecule has 0 amide bonds. The normalized spacial score (nSPS) is 11.2. The summed E-state index contributed by atoms with van der Waals surface area (Å²) in [6, 6.07) is 12.0. The topological polar surface area (TPSA) is 75.4 Å². The predicted octanol–water partition coefficient (Wildman–Crippen LogP) is 2.44. The Labute approximate surface area is 125 Å². The van der Waals surface area contributed by atoms with Crippen molar-refractivity contribution in [3.05, 3.63) is 48.0 Å². The number of sulfonamides is 1. The van der Waals surface area contributed by atoms with Crippen LogP contribution in [-0.4, -0.2) is 22.5 Å². The van der Waals surface area contributed by atoms with E-state index in [1.165, 1.54) is 6.07 Å². The van der Waals surface area contributed by atoms with Gasteiger partial charge in [-0.2, -0.15) is 0 Å². The fraction of sp³-hybridized carbons (Fsp3) is 0.200. The largest absolute Gasteiger partial charge is 0.398 e. The second kappa shape index (κ2) is 5.65. The molecule has 0 atom stereocenters. The quantitative estimate of drug-likeness (QED) is 0.851. The number of rotatable bonds is 4. The maximum Gasteiger partial charge on any atom is 0.263 e. The zero-order chi connectivity index (χ0) is 15.6. The van der Waals surface area contributed by atoms with E-state index < -0.39 is 10.0 Å². The summed E-state index contributed by atoms with van der Waals surface area (Å²) >= 11 is 0. The summed E-state index contributed by atoms with van der Waals surface area (Å²) in [7, 11) is 0.163. The van der Waals surface area contributed by atoms with Crippen molar-refractivity contribution in [3.8, 4) is 0 Å². The maximum atomic E-state index is 12.4. The smallest absolute Gasteiger partial charge is 0.263 e. The van der Waals surface area contributed by atoms with Crippen molar-refractivity contribution < 1.29 is 8.42 Å². The van der Waals surface area contributed by atoms with Gasteiger partial charge >= 0.3 is 0 Å². The molecular weight excluding hydrogens is 286 g/mol. The number of nitrogens with one attached hydrogen (secondary N) is 1. The number of nitrogens with two attached hydrogens (primary N) is 1. The van der Waals surface area contributed by atoms with Crippen LogP contribution in [0, 0.1) is 6.92 Å². The van der Waals surface area contributed by atoms with Gasteiger partial charge in [0.2, 0.25) is 0 Å². The molecule has 112 valence electrons. The lowest BCUT2D eigenvalue weighted by Crippen LogP contribution is -2.15. The highest BCUT2D eigenvalue weighted by atomic mass is 32.2. The first kappa shape index (κ1) is 15.2. The number of anilines is 3. The van der Waals surface area contributed by atoms with Crippen LogP contribution in [0.5, 0.6) is 0 Å². The highest BCUT2D eigenvalue weighted by Gasteiger charge is 2.17. The lowest BCUT2D eigenvalue weighted by molar-refractivity contribution is 0.601. The molecule has 5 nitrogen and oxygen atoms in total. The molecule has 0 aliphatic rings. The number of aryl methyl sites for hydroxylation is 1. The second-order valence-corrected chi connectivity index (χ2v) is 6.74. The minimum absolute atomic E-state index is 0.0878. The molecule has 6 heteroatoms. The summed E-state index contributed by atoms with van der Waals surface area (Å²) in [4.78, 5) is 2.03. The van der Waals surface area contributed by atoms with Gasteiger partial charge in [-0.3, -0.25) is 4.72 Å². The molecule has 0 aliphatic heterocycles. The van der Waals surface area contributed by atoms with E-state index >= 15 is 0 Å². The summed E-state index contributed by atoms with van der Waals surface area (Å²) in [5, 5.41) is 0. The average Bonchev–Trinajstić information content (AvgIpc) is 2.38. The molecule has 0 aliphatic carbocycles. The van der Waals surface area contributed by atoms with Crippen LogP contribution in [0.25, 0.3) is 0 Å². The van der Waals surface area contributed by atoms with Gasteiger partial charge in [0, 0.05) is 25.5 Å². The van der Waals surface area contributed by atoms with Crippen molar-refractivity contribution in [3.63, 3.8) is 0 Å². The Bertz CT molecular complexity index is 738. The van der Waals surface area contributed by atoms with Gasteiger partial charge in [-0.25, -0.2) is 8.42 Å². The fourth-order valence-corrected chi connectivity index (χ4v) is 3.12. The van der Waals surface area contributed by atoms with Gasteiger partial charge in [0.15, 0.2) is 0 Å². The standard InChI is InChI=1S/C15H19N3O2S/c1-11-4-9-15(14(16)10-11)21(19,20)17-12-5-7-13(8-6-12)18(2)3/h4-10,17H,16H2,1-3H3. The third-order valence-corrected chi connectivity index (χ3v) is 4.55. The first-order valence-corrected chi connectivity index (χ1v) is 7.94. The molecule has 3 N–H and O–H groups in total. The Balaban J connectivity index is 2.28. The molecule has 0 aromatic heterocycles. The summed E-state index contributed by atoms with van der Waals surface area (Å²) in [6.45, 7) is 1.86. The van der Waals surface area contributed by atoms with Crippen LogP contribution < -0.4 is 15.4 Å². The van der Waals surface area contributed by atoms with Crippen molar-refractivity contribution in [2.24, 2.45) is 0 Å². The van der Waals surface area contributed by atoms with Gasteiger partial charge in [0.25, 0.3) is 10.0 Å². The summed E-state index contributed by atoms with van der Waals surface area (Å²) < 4.78 is 27.2. The van der Waals surface area contributed by atoms with Gasteiger partial charge in [-0.15, -0.1) is 0 Å². The molecule has 0 spiro atoms. The second-order valence-electron chi connectivity index (χ2n) is 5.09. The fourth-order valence-electron chi connectivity index (χ4n) is 1.95. The highest BCUT2D eigenvalue weighted by molar-refractivity contribution is 7.92. The molecule has 0 saturated carbocycles. The first-order valence-electron chi connectivity index (χ1n) is 6.46. The van der Waals surface area contributed by atoms with Gasteiger partial charge in [0.05, 0.1) is 5.69 Å². The molecule has 2 rings (SSSR count). The van der Waals surface area contributed by atoms with E-state index in [0.717, 1.165) is 11.3 Å².